The summed E-state index contributed by atoms with van der Waals surface area (Å²) in [5.41, 5.74) is -0.172. The van der Waals surface area contributed by atoms with Crippen molar-refractivity contribution in [1.82, 2.24) is 9.80 Å². The molecule has 0 fully saturated rings. The van der Waals surface area contributed by atoms with Crippen molar-refractivity contribution in [3.8, 4) is 5.75 Å². The van der Waals surface area contributed by atoms with Crippen LogP contribution in [-0.4, -0.2) is 59.5 Å². The van der Waals surface area contributed by atoms with E-state index in [4.69, 9.17) is 9.47 Å². The molecule has 0 bridgehead atoms. The Morgan fingerprint density at radius 3 is 2.08 bits per heavy atom. The van der Waals surface area contributed by atoms with E-state index < -0.39 is 23.3 Å². The van der Waals surface area contributed by atoms with Gasteiger partial charge in [-0.1, -0.05) is 71.0 Å². The number of ether oxygens (including phenoxy) is 2. The minimum atomic E-state index is -2.13. The zero-order valence-corrected chi connectivity index (χ0v) is 22.6. The molecule has 0 saturated carbocycles. The van der Waals surface area contributed by atoms with E-state index in [0.717, 1.165) is 5.56 Å². The van der Waals surface area contributed by atoms with Crippen molar-refractivity contribution in [2.45, 2.75) is 65.8 Å². The van der Waals surface area contributed by atoms with Gasteiger partial charge in [0.25, 0.3) is 0 Å². The summed E-state index contributed by atoms with van der Waals surface area (Å²) < 4.78 is 12.0. The average molecular weight is 497 g/mol. The SMILES string of the molecule is CCN(CC)C(=O)OC12Oc3cc(C(C)C)ccc3C1(O)C(=O)c1ccccc12.CCN(CC)CC. The third-order valence-corrected chi connectivity index (χ3v) is 7.24. The number of rotatable bonds is 7. The standard InChI is InChI=1S/C23H25NO5.C6H15N/c1-5-24(6-2)21(26)29-23-17-10-8-7-9-16(17)20(25)22(23,27)18-12-11-15(14(3)4)13-19(18)28-23;1-4-7(5-2)6-3/h7-14,27H,5-6H2,1-4H3;4-6H2,1-3H3. The molecule has 1 aliphatic carbocycles. The fourth-order valence-corrected chi connectivity index (χ4v) is 4.86. The van der Waals surface area contributed by atoms with Gasteiger partial charge >= 0.3 is 11.9 Å². The predicted octanol–water partition coefficient (Wildman–Crippen LogP) is 5.27. The molecular weight excluding hydrogens is 456 g/mol. The lowest BCUT2D eigenvalue weighted by atomic mass is 9.86. The second-order valence-electron chi connectivity index (χ2n) is 9.37. The summed E-state index contributed by atoms with van der Waals surface area (Å²) in [6.45, 7) is 18.8. The molecule has 0 radical (unpaired) electrons. The number of hydrogen-bond donors (Lipinski definition) is 1. The van der Waals surface area contributed by atoms with Gasteiger partial charge in [0.2, 0.25) is 11.4 Å². The van der Waals surface area contributed by atoms with Gasteiger partial charge in [0.1, 0.15) is 5.75 Å². The van der Waals surface area contributed by atoms with Crippen molar-refractivity contribution in [3.63, 3.8) is 0 Å². The van der Waals surface area contributed by atoms with Crippen LogP contribution in [0.15, 0.2) is 42.5 Å². The van der Waals surface area contributed by atoms with Gasteiger partial charge in [0.05, 0.1) is 5.56 Å². The van der Waals surface area contributed by atoms with Crippen molar-refractivity contribution < 1.29 is 24.2 Å². The molecule has 0 saturated heterocycles. The number of carbonyl (C=O) groups excluding carboxylic acids is 2. The van der Waals surface area contributed by atoms with E-state index in [-0.39, 0.29) is 5.92 Å². The Kier molecular flexibility index (Phi) is 8.47. The van der Waals surface area contributed by atoms with Crippen molar-refractivity contribution in [1.29, 1.82) is 0 Å². The molecule has 0 aromatic heterocycles. The smallest absolute Gasteiger partial charge is 0.413 e. The van der Waals surface area contributed by atoms with E-state index in [1.807, 2.05) is 33.8 Å². The van der Waals surface area contributed by atoms with Crippen molar-refractivity contribution in [2.24, 2.45) is 0 Å². The lowest BCUT2D eigenvalue weighted by molar-refractivity contribution is -0.227. The lowest BCUT2D eigenvalue weighted by Gasteiger charge is -2.35. The van der Waals surface area contributed by atoms with Gasteiger partial charge in [0, 0.05) is 24.2 Å². The Morgan fingerprint density at radius 2 is 1.56 bits per heavy atom. The molecule has 2 aliphatic rings. The first-order valence-electron chi connectivity index (χ1n) is 13.0. The largest absolute Gasteiger partial charge is 0.444 e. The van der Waals surface area contributed by atoms with E-state index in [1.165, 1.54) is 24.5 Å². The van der Waals surface area contributed by atoms with Gasteiger partial charge in [-0.05, 0) is 51.0 Å². The van der Waals surface area contributed by atoms with E-state index in [1.54, 1.807) is 36.4 Å². The molecule has 1 heterocycles. The fourth-order valence-electron chi connectivity index (χ4n) is 4.86. The minimum Gasteiger partial charge on any atom is -0.444 e. The number of amides is 1. The Morgan fingerprint density at radius 1 is 0.944 bits per heavy atom. The van der Waals surface area contributed by atoms with Crippen LogP contribution in [0.3, 0.4) is 0 Å². The van der Waals surface area contributed by atoms with Gasteiger partial charge in [-0.15, -0.1) is 0 Å². The molecule has 1 amide bonds. The lowest BCUT2D eigenvalue weighted by Crippen LogP contribution is -2.53. The van der Waals surface area contributed by atoms with Crippen LogP contribution < -0.4 is 4.74 Å². The van der Waals surface area contributed by atoms with Crippen molar-refractivity contribution in [3.05, 3.63) is 64.7 Å². The summed E-state index contributed by atoms with van der Waals surface area (Å²) in [5.74, 6) is -1.89. The highest BCUT2D eigenvalue weighted by Crippen LogP contribution is 2.60. The zero-order chi connectivity index (χ0) is 26.7. The Hall–Kier alpha value is -2.90. The first-order chi connectivity index (χ1) is 17.1. The number of aliphatic hydroxyl groups is 1. The molecular formula is C29H40N2O5. The molecule has 196 valence electrons. The molecule has 2 unspecified atom stereocenters. The second kappa shape index (κ2) is 11.0. The van der Waals surface area contributed by atoms with E-state index in [0.29, 0.717) is 35.5 Å². The monoisotopic (exact) mass is 496 g/mol. The maximum atomic E-state index is 13.3. The highest BCUT2D eigenvalue weighted by Gasteiger charge is 2.73. The Balaban J connectivity index is 0.000000454. The Labute approximate surface area is 215 Å². The molecule has 1 aliphatic heterocycles. The van der Waals surface area contributed by atoms with Gasteiger partial charge in [-0.2, -0.15) is 0 Å². The molecule has 4 rings (SSSR count). The quantitative estimate of drug-likeness (QED) is 0.563. The summed E-state index contributed by atoms with van der Waals surface area (Å²) in [5, 5.41) is 11.8. The normalized spacial score (nSPS) is 21.3. The van der Waals surface area contributed by atoms with Gasteiger partial charge < -0.3 is 24.4 Å². The second-order valence-corrected chi connectivity index (χ2v) is 9.37. The highest BCUT2D eigenvalue weighted by molar-refractivity contribution is 6.10. The van der Waals surface area contributed by atoms with Crippen LogP contribution in [0, 0.1) is 0 Å². The van der Waals surface area contributed by atoms with Gasteiger partial charge in [-0.25, -0.2) is 4.79 Å². The number of carbonyl (C=O) groups is 2. The van der Waals surface area contributed by atoms with Crippen LogP contribution in [0.1, 0.15) is 81.4 Å². The number of nitrogens with zero attached hydrogens (tertiary/aromatic N) is 2. The molecule has 2 atom stereocenters. The van der Waals surface area contributed by atoms with Crippen molar-refractivity contribution >= 4 is 11.9 Å². The molecule has 36 heavy (non-hydrogen) atoms. The van der Waals surface area contributed by atoms with Crippen LogP contribution in [0.4, 0.5) is 4.79 Å². The highest BCUT2D eigenvalue weighted by atomic mass is 16.7. The van der Waals surface area contributed by atoms with Crippen LogP contribution in [0.5, 0.6) is 5.75 Å². The van der Waals surface area contributed by atoms with Crippen LogP contribution in [0.25, 0.3) is 0 Å². The number of hydrogen-bond acceptors (Lipinski definition) is 6. The van der Waals surface area contributed by atoms with E-state index >= 15 is 0 Å². The summed E-state index contributed by atoms with van der Waals surface area (Å²) >= 11 is 0. The van der Waals surface area contributed by atoms with Crippen LogP contribution in [-0.2, 0) is 16.1 Å². The third kappa shape index (κ3) is 4.39. The van der Waals surface area contributed by atoms with Gasteiger partial charge in [0.15, 0.2) is 0 Å². The first-order valence-corrected chi connectivity index (χ1v) is 13.0. The molecule has 0 spiro atoms. The molecule has 2 aromatic carbocycles. The summed E-state index contributed by atoms with van der Waals surface area (Å²) in [6, 6.07) is 12.1. The van der Waals surface area contributed by atoms with Crippen molar-refractivity contribution in [2.75, 3.05) is 32.7 Å². The molecule has 7 heteroatoms. The van der Waals surface area contributed by atoms with Crippen LogP contribution in [0.2, 0.25) is 0 Å². The number of benzene rings is 2. The summed E-state index contributed by atoms with van der Waals surface area (Å²) in [6.07, 6.45) is -0.644. The van der Waals surface area contributed by atoms with E-state index in [9.17, 15) is 14.7 Å². The molecule has 7 nitrogen and oxygen atoms in total. The summed E-state index contributed by atoms with van der Waals surface area (Å²) in [4.78, 5) is 30.1. The minimum absolute atomic E-state index is 0.233. The maximum Gasteiger partial charge on any atom is 0.413 e. The molecule has 1 N–H and O–H groups in total. The topological polar surface area (TPSA) is 79.3 Å². The number of Topliss-reactive ketones (excluding diaryl/α,β-unsaturated/α-hetero) is 1. The average Bonchev–Trinajstić information content (AvgIpc) is 3.23. The molecule has 2 aromatic rings. The maximum absolute atomic E-state index is 13.3. The van der Waals surface area contributed by atoms with Gasteiger partial charge in [-0.3, -0.25) is 4.79 Å². The fraction of sp³-hybridized carbons (Fsp3) is 0.517. The zero-order valence-electron chi connectivity index (χ0n) is 22.6. The predicted molar refractivity (Wildman–Crippen MR) is 140 cm³/mol. The first kappa shape index (κ1) is 27.7. The number of ketones is 1. The Bertz CT molecular complexity index is 1090. The van der Waals surface area contributed by atoms with E-state index in [2.05, 4.69) is 25.7 Å². The third-order valence-electron chi connectivity index (χ3n) is 7.24. The van der Waals surface area contributed by atoms with Crippen LogP contribution >= 0.6 is 0 Å². The summed E-state index contributed by atoms with van der Waals surface area (Å²) in [7, 11) is 0. The number of fused-ring (bicyclic) bond motifs is 5.